The number of nitrogens with zero attached hydrogens (tertiary/aromatic N) is 1. The Hall–Kier alpha value is -3.19. The number of rotatable bonds is 1. The van der Waals surface area contributed by atoms with Crippen molar-refractivity contribution in [2.45, 2.75) is 45.4 Å². The van der Waals surface area contributed by atoms with E-state index in [9.17, 15) is 14.4 Å². The van der Waals surface area contributed by atoms with Crippen LogP contribution in [0.5, 0.6) is 0 Å². The number of carbonyl (C=O) groups is 3. The second-order valence-electron chi connectivity index (χ2n) is 8.84. The molecule has 4 amide bonds. The minimum atomic E-state index is -1.42. The van der Waals surface area contributed by atoms with E-state index in [0.29, 0.717) is 6.54 Å². The van der Waals surface area contributed by atoms with Crippen LogP contribution in [0.25, 0.3) is 11.1 Å². The monoisotopic (exact) mass is 419 g/mol. The fourth-order valence-electron chi connectivity index (χ4n) is 5.35. The first-order chi connectivity index (χ1) is 14.8. The van der Waals surface area contributed by atoms with E-state index >= 15 is 0 Å². The van der Waals surface area contributed by atoms with Gasteiger partial charge in [0.15, 0.2) is 5.41 Å². The maximum atomic E-state index is 13.1. The molecule has 7 nitrogen and oxygen atoms in total. The van der Waals surface area contributed by atoms with Crippen molar-refractivity contribution in [3.63, 3.8) is 0 Å². The molecule has 3 aliphatic rings. The number of barbiturate groups is 1. The molecule has 0 radical (unpaired) electrons. The third-order valence-corrected chi connectivity index (χ3v) is 6.70. The Morgan fingerprint density at radius 1 is 0.968 bits per heavy atom. The second kappa shape index (κ2) is 6.92. The molecule has 3 atom stereocenters. The smallest absolute Gasteiger partial charge is 0.328 e. The highest BCUT2D eigenvalue weighted by atomic mass is 16.5. The molecule has 2 saturated heterocycles. The number of fused-ring (bicyclic) bond motifs is 4. The van der Waals surface area contributed by atoms with Crippen molar-refractivity contribution in [3.8, 4) is 11.1 Å². The SMILES string of the molecule is Cc1ccc(-c2ccc3c(c2)N2C[C@@H](C)O[C@@H](C)[C@@H]2C2(C3)C(=O)NC(=O)NC2=O)cc1. The summed E-state index contributed by atoms with van der Waals surface area (Å²) in [6.45, 7) is 6.49. The van der Waals surface area contributed by atoms with Crippen molar-refractivity contribution in [1.29, 1.82) is 0 Å². The van der Waals surface area contributed by atoms with Gasteiger partial charge in [-0.05, 0) is 49.9 Å². The normalized spacial score (nSPS) is 26.7. The molecule has 31 heavy (non-hydrogen) atoms. The van der Waals surface area contributed by atoms with E-state index in [1.807, 2.05) is 26.0 Å². The Balaban J connectivity index is 1.66. The number of ether oxygens (including phenoxy) is 1. The number of amides is 4. The molecule has 1 spiro atoms. The van der Waals surface area contributed by atoms with Crippen molar-refractivity contribution < 1.29 is 19.1 Å². The third kappa shape index (κ3) is 2.95. The molecule has 0 aromatic heterocycles. The summed E-state index contributed by atoms with van der Waals surface area (Å²) >= 11 is 0. The summed E-state index contributed by atoms with van der Waals surface area (Å²) in [4.78, 5) is 40.2. The molecule has 3 aliphatic heterocycles. The van der Waals surface area contributed by atoms with Crippen LogP contribution in [0.3, 0.4) is 0 Å². The van der Waals surface area contributed by atoms with E-state index in [2.05, 4.69) is 52.8 Å². The van der Waals surface area contributed by atoms with E-state index in [1.54, 1.807) is 0 Å². The van der Waals surface area contributed by atoms with Gasteiger partial charge in [0.1, 0.15) is 0 Å². The molecule has 0 saturated carbocycles. The van der Waals surface area contributed by atoms with Crippen LogP contribution >= 0.6 is 0 Å². The lowest BCUT2D eigenvalue weighted by Gasteiger charge is -2.55. The van der Waals surface area contributed by atoms with Crippen molar-refractivity contribution in [1.82, 2.24) is 10.6 Å². The Morgan fingerprint density at radius 2 is 1.61 bits per heavy atom. The lowest BCUT2D eigenvalue weighted by Crippen LogP contribution is -2.75. The number of morpholine rings is 1. The van der Waals surface area contributed by atoms with Crippen LogP contribution in [0.15, 0.2) is 42.5 Å². The van der Waals surface area contributed by atoms with Crippen LogP contribution in [0, 0.1) is 12.3 Å². The zero-order chi connectivity index (χ0) is 21.9. The quantitative estimate of drug-likeness (QED) is 0.694. The van der Waals surface area contributed by atoms with Gasteiger partial charge in [-0.2, -0.15) is 0 Å². The molecule has 160 valence electrons. The van der Waals surface area contributed by atoms with Gasteiger partial charge in [0.05, 0.1) is 18.2 Å². The third-order valence-electron chi connectivity index (χ3n) is 6.70. The predicted molar refractivity (Wildman–Crippen MR) is 116 cm³/mol. The minimum absolute atomic E-state index is 0.0615. The number of anilines is 1. The van der Waals surface area contributed by atoms with Crippen molar-refractivity contribution >= 4 is 23.5 Å². The maximum Gasteiger partial charge on any atom is 0.328 e. The highest BCUT2D eigenvalue weighted by molar-refractivity contribution is 6.20. The van der Waals surface area contributed by atoms with Crippen LogP contribution in [0.1, 0.15) is 25.0 Å². The summed E-state index contributed by atoms with van der Waals surface area (Å²) < 4.78 is 6.06. The molecule has 0 bridgehead atoms. The number of aryl methyl sites for hydroxylation is 1. The number of hydrogen-bond acceptors (Lipinski definition) is 5. The Kier molecular flexibility index (Phi) is 4.41. The van der Waals surface area contributed by atoms with Crippen LogP contribution in [0.2, 0.25) is 0 Å². The molecular weight excluding hydrogens is 394 g/mol. The molecule has 2 N–H and O–H groups in total. The summed E-state index contributed by atoms with van der Waals surface area (Å²) in [6, 6.07) is 13.2. The molecule has 7 heteroatoms. The van der Waals surface area contributed by atoms with E-state index < -0.39 is 29.3 Å². The van der Waals surface area contributed by atoms with E-state index in [4.69, 9.17) is 4.74 Å². The Labute approximate surface area is 180 Å². The maximum absolute atomic E-state index is 13.1. The number of urea groups is 1. The summed E-state index contributed by atoms with van der Waals surface area (Å²) in [5, 5.41) is 4.63. The summed E-state index contributed by atoms with van der Waals surface area (Å²) in [5.41, 5.74) is 3.88. The predicted octanol–water partition coefficient (Wildman–Crippen LogP) is 2.55. The first-order valence-electron chi connectivity index (χ1n) is 10.6. The molecule has 3 heterocycles. The fraction of sp³-hybridized carbons (Fsp3) is 0.375. The molecule has 2 fully saturated rings. The zero-order valence-corrected chi connectivity index (χ0v) is 17.8. The molecular formula is C24H25N3O4. The van der Waals surface area contributed by atoms with Gasteiger partial charge in [-0.15, -0.1) is 0 Å². The van der Waals surface area contributed by atoms with Crippen molar-refractivity contribution in [2.75, 3.05) is 11.4 Å². The summed E-state index contributed by atoms with van der Waals surface area (Å²) in [7, 11) is 0. The van der Waals surface area contributed by atoms with E-state index in [0.717, 1.165) is 22.4 Å². The molecule has 0 aliphatic carbocycles. The highest BCUT2D eigenvalue weighted by Gasteiger charge is 2.62. The lowest BCUT2D eigenvalue weighted by atomic mass is 9.66. The van der Waals surface area contributed by atoms with Crippen molar-refractivity contribution in [3.05, 3.63) is 53.6 Å². The average Bonchev–Trinajstić information content (AvgIpc) is 2.72. The summed E-state index contributed by atoms with van der Waals surface area (Å²) in [5.74, 6) is -1.12. The molecule has 2 aromatic rings. The average molecular weight is 419 g/mol. The highest BCUT2D eigenvalue weighted by Crippen LogP contribution is 2.47. The van der Waals surface area contributed by atoms with Gasteiger partial charge in [-0.3, -0.25) is 20.2 Å². The second-order valence-corrected chi connectivity index (χ2v) is 8.84. The van der Waals surface area contributed by atoms with Gasteiger partial charge >= 0.3 is 6.03 Å². The summed E-state index contributed by atoms with van der Waals surface area (Å²) in [6.07, 6.45) is -0.219. The van der Waals surface area contributed by atoms with Gasteiger partial charge in [0.25, 0.3) is 0 Å². The van der Waals surface area contributed by atoms with Crippen molar-refractivity contribution in [2.24, 2.45) is 5.41 Å². The van der Waals surface area contributed by atoms with Crippen LogP contribution < -0.4 is 15.5 Å². The fourth-order valence-corrected chi connectivity index (χ4v) is 5.35. The standard InChI is InChI=1S/C24H25N3O4/c1-13-4-6-16(7-5-13)17-8-9-18-11-24(21(28)25-23(30)26-22(24)29)20-15(3)31-14(2)12-27(20)19(18)10-17/h4-10,14-15,20H,11-12H2,1-3H3,(H2,25,26,28,29,30)/t14-,15+,20-/m1/s1. The minimum Gasteiger partial charge on any atom is -0.372 e. The van der Waals surface area contributed by atoms with Gasteiger partial charge < -0.3 is 9.64 Å². The lowest BCUT2D eigenvalue weighted by molar-refractivity contribution is -0.153. The van der Waals surface area contributed by atoms with Crippen LogP contribution in [0.4, 0.5) is 10.5 Å². The largest absolute Gasteiger partial charge is 0.372 e. The topological polar surface area (TPSA) is 87.7 Å². The first-order valence-corrected chi connectivity index (χ1v) is 10.6. The number of nitrogens with one attached hydrogen (secondary N) is 2. The van der Waals surface area contributed by atoms with Gasteiger partial charge in [0.2, 0.25) is 11.8 Å². The van der Waals surface area contributed by atoms with E-state index in [1.165, 1.54) is 5.56 Å². The Morgan fingerprint density at radius 3 is 2.29 bits per heavy atom. The molecule has 2 aromatic carbocycles. The molecule has 0 unspecified atom stereocenters. The van der Waals surface area contributed by atoms with Crippen LogP contribution in [-0.4, -0.2) is 42.6 Å². The Bertz CT molecular complexity index is 1070. The number of carbonyl (C=O) groups excluding carboxylic acids is 3. The van der Waals surface area contributed by atoms with Gasteiger partial charge in [-0.25, -0.2) is 4.79 Å². The first kappa shape index (κ1) is 19.8. The molecule has 5 rings (SSSR count). The van der Waals surface area contributed by atoms with Crippen LogP contribution in [-0.2, 0) is 20.7 Å². The van der Waals surface area contributed by atoms with Gasteiger partial charge in [-0.1, -0.05) is 42.0 Å². The van der Waals surface area contributed by atoms with E-state index in [-0.39, 0.29) is 18.6 Å². The zero-order valence-electron chi connectivity index (χ0n) is 17.8. The number of imide groups is 2. The van der Waals surface area contributed by atoms with Gasteiger partial charge in [0, 0.05) is 12.2 Å². The number of hydrogen-bond donors (Lipinski definition) is 2. The number of benzene rings is 2.